The van der Waals surface area contributed by atoms with E-state index in [1.165, 1.54) is 22.5 Å². The van der Waals surface area contributed by atoms with Gasteiger partial charge in [0.2, 0.25) is 5.91 Å². The molecule has 1 amide bonds. The highest BCUT2D eigenvalue weighted by Gasteiger charge is 2.38. The van der Waals surface area contributed by atoms with Crippen LogP contribution in [0.15, 0.2) is 91.1 Å². The van der Waals surface area contributed by atoms with E-state index in [1.54, 1.807) is 12.1 Å². The van der Waals surface area contributed by atoms with Crippen molar-refractivity contribution in [1.29, 1.82) is 0 Å². The molecule has 0 saturated carbocycles. The molecule has 1 heterocycles. The number of hydrogen-bond acceptors (Lipinski definition) is 3. The number of amides is 1. The number of aromatic hydroxyl groups is 1. The van der Waals surface area contributed by atoms with E-state index >= 15 is 0 Å². The van der Waals surface area contributed by atoms with Gasteiger partial charge in [-0.1, -0.05) is 99.8 Å². The number of benzene rings is 3. The smallest absolute Gasteiger partial charge is 0.230 e. The van der Waals surface area contributed by atoms with Crippen LogP contribution in [0.2, 0.25) is 0 Å². The zero-order valence-electron chi connectivity index (χ0n) is 23.5. The molecule has 206 valence electrons. The van der Waals surface area contributed by atoms with Crippen LogP contribution in [-0.2, 0) is 23.1 Å². The summed E-state index contributed by atoms with van der Waals surface area (Å²) in [7, 11) is 0. The molecule has 0 saturated heterocycles. The van der Waals surface area contributed by atoms with Gasteiger partial charge < -0.3 is 15.3 Å². The van der Waals surface area contributed by atoms with Gasteiger partial charge in [-0.05, 0) is 73.4 Å². The second-order valence-electron chi connectivity index (χ2n) is 10.9. The van der Waals surface area contributed by atoms with Crippen molar-refractivity contribution in [3.63, 3.8) is 0 Å². The lowest BCUT2D eigenvalue weighted by Gasteiger charge is -2.34. The second kappa shape index (κ2) is 14.0. The van der Waals surface area contributed by atoms with Gasteiger partial charge in [0, 0.05) is 24.5 Å². The molecule has 3 aromatic rings. The molecule has 0 bridgehead atoms. The van der Waals surface area contributed by atoms with E-state index in [0.29, 0.717) is 6.54 Å². The SMILES string of the molecule is C=C1CCc2ccccc2N1CCCCCCC(CCC)(C(=O)NCCc1ccccc1)c1ccc(O)cc1. The maximum absolute atomic E-state index is 13.8. The molecule has 3 aromatic carbocycles. The third-order valence-electron chi connectivity index (χ3n) is 8.16. The highest BCUT2D eigenvalue weighted by Crippen LogP contribution is 2.37. The number of phenolic OH excluding ortho intramolecular Hbond substituents is 1. The summed E-state index contributed by atoms with van der Waals surface area (Å²) in [5.74, 6) is 0.335. The number of hydrogen-bond donors (Lipinski definition) is 2. The Morgan fingerprint density at radius 2 is 1.62 bits per heavy atom. The molecule has 1 aliphatic heterocycles. The maximum atomic E-state index is 13.8. The monoisotopic (exact) mass is 524 g/mol. The summed E-state index contributed by atoms with van der Waals surface area (Å²) in [5.41, 5.74) is 5.59. The molecule has 4 heteroatoms. The number of phenols is 1. The van der Waals surface area contributed by atoms with Crippen molar-refractivity contribution in [3.05, 3.63) is 108 Å². The Bertz CT molecular complexity index is 1200. The number of aryl methyl sites for hydroxylation is 1. The minimum absolute atomic E-state index is 0.104. The van der Waals surface area contributed by atoms with Crippen LogP contribution >= 0.6 is 0 Å². The van der Waals surface area contributed by atoms with E-state index in [-0.39, 0.29) is 11.7 Å². The largest absolute Gasteiger partial charge is 0.508 e. The summed E-state index contributed by atoms with van der Waals surface area (Å²) in [6, 6.07) is 26.3. The number of unbranched alkanes of at least 4 members (excludes halogenated alkanes) is 3. The van der Waals surface area contributed by atoms with Gasteiger partial charge in [-0.25, -0.2) is 0 Å². The molecule has 0 spiro atoms. The van der Waals surface area contributed by atoms with Crippen molar-refractivity contribution in [2.75, 3.05) is 18.0 Å². The number of carbonyl (C=O) groups excluding carboxylic acids is 1. The van der Waals surface area contributed by atoms with Crippen molar-refractivity contribution in [1.82, 2.24) is 5.32 Å². The van der Waals surface area contributed by atoms with Crippen LogP contribution in [0.3, 0.4) is 0 Å². The summed E-state index contributed by atoms with van der Waals surface area (Å²) in [6.45, 7) is 8.09. The zero-order chi connectivity index (χ0) is 27.5. The van der Waals surface area contributed by atoms with Crippen molar-refractivity contribution < 1.29 is 9.90 Å². The van der Waals surface area contributed by atoms with Crippen LogP contribution < -0.4 is 10.2 Å². The van der Waals surface area contributed by atoms with Crippen LogP contribution in [0.4, 0.5) is 5.69 Å². The van der Waals surface area contributed by atoms with Crippen LogP contribution in [0.1, 0.15) is 75.0 Å². The van der Waals surface area contributed by atoms with Gasteiger partial charge in [0.05, 0.1) is 5.41 Å². The first kappa shape index (κ1) is 28.5. The molecular formula is C35H44N2O2. The Hall–Kier alpha value is -3.53. The normalized spacial score (nSPS) is 14.5. The van der Waals surface area contributed by atoms with E-state index in [2.05, 4.69) is 60.1 Å². The summed E-state index contributed by atoms with van der Waals surface area (Å²) in [5, 5.41) is 13.2. The van der Waals surface area contributed by atoms with Crippen LogP contribution in [0, 0.1) is 0 Å². The van der Waals surface area contributed by atoms with Crippen LogP contribution in [0.5, 0.6) is 5.75 Å². The molecule has 2 N–H and O–H groups in total. The average molecular weight is 525 g/mol. The quantitative estimate of drug-likeness (QED) is 0.212. The van der Waals surface area contributed by atoms with Gasteiger partial charge in [-0.3, -0.25) is 4.79 Å². The van der Waals surface area contributed by atoms with Crippen molar-refractivity contribution in [2.24, 2.45) is 0 Å². The lowest BCUT2D eigenvalue weighted by molar-refractivity contribution is -0.127. The maximum Gasteiger partial charge on any atom is 0.230 e. The molecule has 0 aliphatic carbocycles. The fraction of sp³-hybridized carbons (Fsp3) is 0.400. The van der Waals surface area contributed by atoms with Gasteiger partial charge in [-0.2, -0.15) is 0 Å². The molecule has 1 unspecified atom stereocenters. The Balaban J connectivity index is 1.36. The Morgan fingerprint density at radius 3 is 2.38 bits per heavy atom. The predicted octanol–water partition coefficient (Wildman–Crippen LogP) is 7.71. The van der Waals surface area contributed by atoms with Crippen molar-refractivity contribution in [3.8, 4) is 5.75 Å². The lowest BCUT2D eigenvalue weighted by Crippen LogP contribution is -2.45. The highest BCUT2D eigenvalue weighted by molar-refractivity contribution is 5.88. The van der Waals surface area contributed by atoms with Gasteiger partial charge in [0.25, 0.3) is 0 Å². The highest BCUT2D eigenvalue weighted by atomic mass is 16.3. The van der Waals surface area contributed by atoms with E-state index < -0.39 is 5.41 Å². The molecule has 4 rings (SSSR count). The Morgan fingerprint density at radius 1 is 0.897 bits per heavy atom. The number of fused-ring (bicyclic) bond motifs is 1. The number of anilines is 1. The number of para-hydroxylation sites is 1. The molecule has 4 nitrogen and oxygen atoms in total. The van der Waals surface area contributed by atoms with Gasteiger partial charge in [0.1, 0.15) is 5.75 Å². The molecule has 0 aromatic heterocycles. The predicted molar refractivity (Wildman–Crippen MR) is 162 cm³/mol. The third-order valence-corrected chi connectivity index (χ3v) is 8.16. The average Bonchev–Trinajstić information content (AvgIpc) is 2.96. The zero-order valence-corrected chi connectivity index (χ0v) is 23.5. The topological polar surface area (TPSA) is 52.6 Å². The molecule has 0 radical (unpaired) electrons. The summed E-state index contributed by atoms with van der Waals surface area (Å²) >= 11 is 0. The van der Waals surface area contributed by atoms with E-state index in [9.17, 15) is 9.90 Å². The van der Waals surface area contributed by atoms with Gasteiger partial charge >= 0.3 is 0 Å². The molecule has 39 heavy (non-hydrogen) atoms. The number of carbonyl (C=O) groups is 1. The number of rotatable bonds is 14. The minimum atomic E-state index is -0.584. The summed E-state index contributed by atoms with van der Waals surface area (Å²) in [6.07, 6.45) is 9.75. The summed E-state index contributed by atoms with van der Waals surface area (Å²) < 4.78 is 0. The van der Waals surface area contributed by atoms with Gasteiger partial charge in [0.15, 0.2) is 0 Å². The first-order valence-corrected chi connectivity index (χ1v) is 14.7. The first-order chi connectivity index (χ1) is 19.0. The number of nitrogens with zero attached hydrogens (tertiary/aromatic N) is 1. The fourth-order valence-corrected chi connectivity index (χ4v) is 6.01. The molecule has 0 fully saturated rings. The van der Waals surface area contributed by atoms with Crippen LogP contribution in [0.25, 0.3) is 0 Å². The number of nitrogens with one attached hydrogen (secondary N) is 1. The first-order valence-electron chi connectivity index (χ1n) is 14.7. The van der Waals surface area contributed by atoms with Gasteiger partial charge in [-0.15, -0.1) is 0 Å². The van der Waals surface area contributed by atoms with E-state index in [0.717, 1.165) is 76.3 Å². The second-order valence-corrected chi connectivity index (χ2v) is 10.9. The lowest BCUT2D eigenvalue weighted by atomic mass is 9.72. The van der Waals surface area contributed by atoms with E-state index in [1.807, 2.05) is 30.3 Å². The minimum Gasteiger partial charge on any atom is -0.508 e. The number of allylic oxidation sites excluding steroid dienone is 1. The molecule has 1 atom stereocenters. The summed E-state index contributed by atoms with van der Waals surface area (Å²) in [4.78, 5) is 16.2. The van der Waals surface area contributed by atoms with Crippen molar-refractivity contribution >= 4 is 11.6 Å². The Labute approximate surface area is 234 Å². The van der Waals surface area contributed by atoms with Crippen LogP contribution in [-0.4, -0.2) is 24.1 Å². The Kier molecular flexibility index (Phi) is 10.2. The third kappa shape index (κ3) is 7.32. The van der Waals surface area contributed by atoms with E-state index in [4.69, 9.17) is 0 Å². The fourth-order valence-electron chi connectivity index (χ4n) is 6.01. The standard InChI is InChI=1S/C35H44N2O2/c1-3-24-35(31-19-21-32(38)22-20-31,34(39)36-26-23-29-13-7-6-8-14-29)25-11-4-5-12-27-37-28(2)17-18-30-15-9-10-16-33(30)37/h6-10,13-16,19-22,38H,2-5,11-12,17-18,23-27H2,1H3,(H,36,39). The molecule has 1 aliphatic rings. The molecular weight excluding hydrogens is 480 g/mol. The van der Waals surface area contributed by atoms with Crippen molar-refractivity contribution in [2.45, 2.75) is 76.5 Å².